The monoisotopic (exact) mass is 310 g/mol. The number of benzene rings is 1. The number of halogens is 1. The zero-order valence-electron chi connectivity index (χ0n) is 12.1. The summed E-state index contributed by atoms with van der Waals surface area (Å²) < 4.78 is 1.27. The molecule has 1 aromatic carbocycles. The summed E-state index contributed by atoms with van der Waals surface area (Å²) in [4.78, 5) is 16.8. The molecular formula is C15H12BClN4O. The summed E-state index contributed by atoms with van der Waals surface area (Å²) in [5.41, 5.74) is 1.59. The van der Waals surface area contributed by atoms with Gasteiger partial charge in [-0.1, -0.05) is 29.2 Å². The first-order valence-corrected chi connectivity index (χ1v) is 7.00. The Bertz CT molecular complexity index is 939. The maximum absolute atomic E-state index is 12.4. The van der Waals surface area contributed by atoms with Crippen LogP contribution < -0.4 is 16.3 Å². The molecule has 2 radical (unpaired) electrons. The number of hydrogen-bond donors (Lipinski definition) is 1. The molecule has 22 heavy (non-hydrogen) atoms. The summed E-state index contributed by atoms with van der Waals surface area (Å²) in [6, 6.07) is 7.08. The van der Waals surface area contributed by atoms with Crippen molar-refractivity contribution < 1.29 is 0 Å². The molecule has 3 rings (SSSR count). The highest BCUT2D eigenvalue weighted by Crippen LogP contribution is 2.26. The second kappa shape index (κ2) is 5.46. The Labute approximate surface area is 133 Å². The summed E-state index contributed by atoms with van der Waals surface area (Å²) in [7, 11) is 7.40. The van der Waals surface area contributed by atoms with Gasteiger partial charge in [0, 0.05) is 18.1 Å². The van der Waals surface area contributed by atoms with Crippen molar-refractivity contribution in [1.29, 1.82) is 0 Å². The summed E-state index contributed by atoms with van der Waals surface area (Å²) in [6.45, 7) is 1.85. The minimum atomic E-state index is -0.229. The maximum Gasteiger partial charge on any atom is 0.278 e. The molecule has 0 unspecified atom stereocenters. The Kier molecular flexibility index (Phi) is 3.62. The van der Waals surface area contributed by atoms with Gasteiger partial charge in [-0.05, 0) is 19.1 Å². The highest BCUT2D eigenvalue weighted by Gasteiger charge is 2.12. The van der Waals surface area contributed by atoms with E-state index in [1.165, 1.54) is 4.68 Å². The molecule has 0 aliphatic carbocycles. The number of pyridine rings is 1. The van der Waals surface area contributed by atoms with Gasteiger partial charge in [-0.25, -0.2) is 9.67 Å². The van der Waals surface area contributed by atoms with Crippen LogP contribution >= 0.6 is 11.6 Å². The van der Waals surface area contributed by atoms with Gasteiger partial charge in [-0.15, -0.1) is 0 Å². The third-order valence-electron chi connectivity index (χ3n) is 3.34. The molecule has 0 spiro atoms. The zero-order chi connectivity index (χ0) is 15.9. The van der Waals surface area contributed by atoms with Crippen LogP contribution in [0.5, 0.6) is 0 Å². The first-order chi connectivity index (χ1) is 10.5. The smallest absolute Gasteiger partial charge is 0.278 e. The topological polar surface area (TPSA) is 59.8 Å². The summed E-state index contributed by atoms with van der Waals surface area (Å²) in [5.74, 6) is 0.436. The molecule has 7 heteroatoms. The molecule has 108 valence electrons. The van der Waals surface area contributed by atoms with Gasteiger partial charge >= 0.3 is 0 Å². The molecule has 2 heterocycles. The third kappa shape index (κ3) is 2.46. The lowest BCUT2D eigenvalue weighted by Crippen LogP contribution is -2.20. The standard InChI is InChI=1S/C15H12BClN4O/c1-8-6-9-7-18-21(2)15(22)12(9)14(19-8)20-11-5-3-4-10(16)13(11)17/h3-7H,1-2H3,(H,19,20). The van der Waals surface area contributed by atoms with Crippen molar-refractivity contribution in [3.63, 3.8) is 0 Å². The van der Waals surface area contributed by atoms with Crippen LogP contribution in [0.25, 0.3) is 10.8 Å². The highest BCUT2D eigenvalue weighted by molar-refractivity contribution is 6.46. The fourth-order valence-electron chi connectivity index (χ4n) is 2.25. The van der Waals surface area contributed by atoms with Gasteiger partial charge in [0.2, 0.25) is 0 Å². The molecule has 0 fully saturated rings. The third-order valence-corrected chi connectivity index (χ3v) is 3.76. The molecule has 2 aromatic heterocycles. The van der Waals surface area contributed by atoms with Gasteiger partial charge in [0.05, 0.1) is 22.3 Å². The minimum Gasteiger partial charge on any atom is -0.338 e. The lowest BCUT2D eigenvalue weighted by Gasteiger charge is -2.12. The SMILES string of the molecule is [B]c1cccc(Nc2nc(C)cc3cnn(C)c(=O)c23)c1Cl. The van der Waals surface area contributed by atoms with Crippen molar-refractivity contribution in [2.45, 2.75) is 6.92 Å². The van der Waals surface area contributed by atoms with Gasteiger partial charge in [-0.2, -0.15) is 5.10 Å². The first-order valence-electron chi connectivity index (χ1n) is 6.62. The molecule has 0 aliphatic heterocycles. The number of nitrogens with one attached hydrogen (secondary N) is 1. The normalized spacial score (nSPS) is 10.9. The van der Waals surface area contributed by atoms with Crippen molar-refractivity contribution in [3.05, 3.63) is 51.5 Å². The number of rotatable bonds is 2. The number of nitrogens with zero attached hydrogens (tertiary/aromatic N) is 3. The molecule has 5 nitrogen and oxygen atoms in total. The Hall–Kier alpha value is -2.34. The van der Waals surface area contributed by atoms with E-state index >= 15 is 0 Å². The predicted octanol–water partition coefficient (Wildman–Crippen LogP) is 1.83. The number of aromatic nitrogens is 3. The fraction of sp³-hybridized carbons (Fsp3) is 0.133. The van der Waals surface area contributed by atoms with Crippen LogP contribution in [0.2, 0.25) is 5.02 Å². The van der Waals surface area contributed by atoms with E-state index in [9.17, 15) is 4.79 Å². The van der Waals surface area contributed by atoms with Gasteiger partial charge in [0.25, 0.3) is 5.56 Å². The first kappa shape index (κ1) is 14.6. The molecule has 0 aliphatic rings. The van der Waals surface area contributed by atoms with E-state index in [2.05, 4.69) is 15.4 Å². The van der Waals surface area contributed by atoms with Crippen molar-refractivity contribution >= 4 is 47.2 Å². The lowest BCUT2D eigenvalue weighted by molar-refractivity contribution is 0.718. The van der Waals surface area contributed by atoms with Crippen LogP contribution in [0.4, 0.5) is 11.5 Å². The zero-order valence-corrected chi connectivity index (χ0v) is 12.8. The molecule has 0 saturated carbocycles. The second-order valence-corrected chi connectivity index (χ2v) is 5.36. The molecule has 1 N–H and O–H groups in total. The number of anilines is 2. The van der Waals surface area contributed by atoms with Gasteiger partial charge in [0.15, 0.2) is 0 Å². The average molecular weight is 311 g/mol. The average Bonchev–Trinajstić information content (AvgIpc) is 2.47. The van der Waals surface area contributed by atoms with Crippen molar-refractivity contribution in [1.82, 2.24) is 14.8 Å². The number of fused-ring (bicyclic) bond motifs is 1. The van der Waals surface area contributed by atoms with Crippen LogP contribution in [-0.2, 0) is 7.05 Å². The fourth-order valence-corrected chi connectivity index (χ4v) is 2.43. The van der Waals surface area contributed by atoms with Crippen molar-refractivity contribution in [3.8, 4) is 0 Å². The Morgan fingerprint density at radius 2 is 2.14 bits per heavy atom. The van der Waals surface area contributed by atoms with E-state index in [4.69, 9.17) is 19.4 Å². The van der Waals surface area contributed by atoms with E-state index in [0.717, 1.165) is 11.1 Å². The summed E-state index contributed by atoms with van der Waals surface area (Å²) in [5, 5.41) is 8.70. The van der Waals surface area contributed by atoms with Gasteiger partial charge in [0.1, 0.15) is 13.7 Å². The van der Waals surface area contributed by atoms with Gasteiger partial charge in [-0.3, -0.25) is 4.79 Å². The largest absolute Gasteiger partial charge is 0.338 e. The minimum absolute atomic E-state index is 0.229. The maximum atomic E-state index is 12.4. The van der Waals surface area contributed by atoms with E-state index in [0.29, 0.717) is 27.4 Å². The highest BCUT2D eigenvalue weighted by atomic mass is 35.5. The molecule has 0 bridgehead atoms. The van der Waals surface area contributed by atoms with E-state index in [1.807, 2.05) is 13.0 Å². The molecule has 3 aromatic rings. The predicted molar refractivity (Wildman–Crippen MR) is 89.6 cm³/mol. The Morgan fingerprint density at radius 3 is 2.91 bits per heavy atom. The van der Waals surface area contributed by atoms with Crippen LogP contribution in [0, 0.1) is 6.92 Å². The van der Waals surface area contributed by atoms with Crippen molar-refractivity contribution in [2.24, 2.45) is 7.05 Å². The Balaban J connectivity index is 2.24. The van der Waals surface area contributed by atoms with Crippen LogP contribution in [0.15, 0.2) is 35.3 Å². The van der Waals surface area contributed by atoms with Gasteiger partial charge < -0.3 is 5.32 Å². The van der Waals surface area contributed by atoms with E-state index in [-0.39, 0.29) is 5.56 Å². The van der Waals surface area contributed by atoms with Crippen LogP contribution in [-0.4, -0.2) is 22.6 Å². The quantitative estimate of drug-likeness (QED) is 0.734. The second-order valence-electron chi connectivity index (χ2n) is 4.98. The van der Waals surface area contributed by atoms with E-state index in [1.54, 1.807) is 31.4 Å². The summed E-state index contributed by atoms with van der Waals surface area (Å²) >= 11 is 6.19. The van der Waals surface area contributed by atoms with E-state index < -0.39 is 0 Å². The van der Waals surface area contributed by atoms with Crippen molar-refractivity contribution in [2.75, 3.05) is 5.32 Å². The van der Waals surface area contributed by atoms with Crippen LogP contribution in [0.3, 0.4) is 0 Å². The molecule has 0 atom stereocenters. The molecule has 0 saturated heterocycles. The Morgan fingerprint density at radius 1 is 1.36 bits per heavy atom. The molecule has 0 amide bonds. The van der Waals surface area contributed by atoms with Crippen LogP contribution in [0.1, 0.15) is 5.69 Å². The number of aryl methyl sites for hydroxylation is 2. The lowest BCUT2D eigenvalue weighted by atomic mass is 9.96. The summed E-state index contributed by atoms with van der Waals surface area (Å²) in [6.07, 6.45) is 1.64. The number of hydrogen-bond acceptors (Lipinski definition) is 4. The molecular weight excluding hydrogens is 298 g/mol.